The highest BCUT2D eigenvalue weighted by atomic mass is 16.5. The summed E-state index contributed by atoms with van der Waals surface area (Å²) in [5.41, 5.74) is 0.573. The van der Waals surface area contributed by atoms with E-state index in [1.165, 1.54) is 25.0 Å². The lowest BCUT2D eigenvalue weighted by Gasteiger charge is -2.33. The van der Waals surface area contributed by atoms with Gasteiger partial charge in [0.1, 0.15) is 0 Å². The number of carboxylic acids is 1. The first-order valence-corrected chi connectivity index (χ1v) is 6.89. The molecule has 3 rings (SSSR count). The van der Waals surface area contributed by atoms with Gasteiger partial charge in [0.2, 0.25) is 0 Å². The summed E-state index contributed by atoms with van der Waals surface area (Å²) in [5.74, 6) is -0.532. The fourth-order valence-corrected chi connectivity index (χ4v) is 2.58. The number of ether oxygens (including phenoxy) is 1. The lowest BCUT2D eigenvalue weighted by molar-refractivity contribution is -0.0313. The topological polar surface area (TPSA) is 66.8 Å². The number of hydrogen-bond donors (Lipinski definition) is 1. The third-order valence-corrected chi connectivity index (χ3v) is 3.88. The van der Waals surface area contributed by atoms with Crippen LogP contribution >= 0.6 is 0 Å². The second-order valence-corrected chi connectivity index (χ2v) is 5.38. The molecule has 1 amide bonds. The van der Waals surface area contributed by atoms with Crippen molar-refractivity contribution in [2.45, 2.75) is 18.9 Å². The molecule has 1 heterocycles. The van der Waals surface area contributed by atoms with E-state index in [0.717, 1.165) is 0 Å². The Morgan fingerprint density at radius 2 is 2.00 bits per heavy atom. The summed E-state index contributed by atoms with van der Waals surface area (Å²) in [7, 11) is 0. The molecule has 1 atom stereocenters. The summed E-state index contributed by atoms with van der Waals surface area (Å²) in [4.78, 5) is 25.2. The first kappa shape index (κ1) is 13.1. The number of hydrogen-bond acceptors (Lipinski definition) is 3. The number of carbonyl (C=O) groups excluding carboxylic acids is 1. The molecule has 0 aromatic heterocycles. The third-order valence-electron chi connectivity index (χ3n) is 3.88. The van der Waals surface area contributed by atoms with Crippen molar-refractivity contribution in [2.75, 3.05) is 19.7 Å². The van der Waals surface area contributed by atoms with Gasteiger partial charge in [-0.1, -0.05) is 6.07 Å². The van der Waals surface area contributed by atoms with Gasteiger partial charge in [0.25, 0.3) is 5.91 Å². The van der Waals surface area contributed by atoms with Gasteiger partial charge in [-0.3, -0.25) is 4.79 Å². The van der Waals surface area contributed by atoms with Crippen molar-refractivity contribution < 1.29 is 19.4 Å². The molecule has 1 N–H and O–H groups in total. The maximum atomic E-state index is 12.4. The molecule has 1 aliphatic heterocycles. The molecule has 1 aromatic carbocycles. The van der Waals surface area contributed by atoms with Crippen LogP contribution in [-0.4, -0.2) is 47.7 Å². The normalized spacial score (nSPS) is 22.6. The zero-order chi connectivity index (χ0) is 14.1. The van der Waals surface area contributed by atoms with Crippen molar-refractivity contribution >= 4 is 11.9 Å². The Bertz CT molecular complexity index is 538. The molecule has 1 aromatic rings. The Hall–Kier alpha value is -1.88. The molecule has 5 nitrogen and oxygen atoms in total. The maximum Gasteiger partial charge on any atom is 0.335 e. The molecule has 1 aliphatic carbocycles. The maximum absolute atomic E-state index is 12.4. The average molecular weight is 275 g/mol. The van der Waals surface area contributed by atoms with E-state index in [9.17, 15) is 9.59 Å². The van der Waals surface area contributed by atoms with E-state index in [1.54, 1.807) is 17.0 Å². The Morgan fingerprint density at radius 3 is 2.70 bits per heavy atom. The van der Waals surface area contributed by atoms with Crippen molar-refractivity contribution in [1.82, 2.24) is 4.90 Å². The van der Waals surface area contributed by atoms with Crippen molar-refractivity contribution in [3.8, 4) is 0 Å². The molecular formula is C15H17NO4. The lowest BCUT2D eigenvalue weighted by Crippen LogP contribution is -2.46. The summed E-state index contributed by atoms with van der Waals surface area (Å²) in [5, 5.41) is 8.98. The van der Waals surface area contributed by atoms with Crippen molar-refractivity contribution in [1.29, 1.82) is 0 Å². The first-order chi connectivity index (χ1) is 9.65. The number of morpholine rings is 1. The summed E-state index contributed by atoms with van der Waals surface area (Å²) in [6, 6.07) is 6.20. The molecule has 1 saturated heterocycles. The molecule has 106 valence electrons. The highest BCUT2D eigenvalue weighted by Crippen LogP contribution is 2.35. The highest BCUT2D eigenvalue weighted by Gasteiger charge is 2.36. The first-order valence-electron chi connectivity index (χ1n) is 6.89. The third kappa shape index (κ3) is 2.67. The van der Waals surface area contributed by atoms with Crippen LogP contribution in [0, 0.1) is 5.92 Å². The van der Waals surface area contributed by atoms with Crippen LogP contribution in [0.4, 0.5) is 0 Å². The highest BCUT2D eigenvalue weighted by molar-refractivity contribution is 5.97. The molecule has 0 radical (unpaired) electrons. The number of carbonyl (C=O) groups is 2. The molecule has 2 fully saturated rings. The minimum atomic E-state index is -1.02. The Labute approximate surface area is 117 Å². The van der Waals surface area contributed by atoms with E-state index < -0.39 is 5.97 Å². The van der Waals surface area contributed by atoms with Gasteiger partial charge in [-0.15, -0.1) is 0 Å². The standard InChI is InChI=1S/C15H17NO4/c17-14(11-2-1-3-12(8-11)15(18)19)16-6-7-20-13(9-16)10-4-5-10/h1-3,8,10,13H,4-7,9H2,(H,18,19)/t13-/m0/s1. The molecule has 5 heteroatoms. The molecule has 1 saturated carbocycles. The summed E-state index contributed by atoms with van der Waals surface area (Å²) in [6.45, 7) is 1.74. The van der Waals surface area contributed by atoms with E-state index in [0.29, 0.717) is 31.2 Å². The van der Waals surface area contributed by atoms with Gasteiger partial charge >= 0.3 is 5.97 Å². The quantitative estimate of drug-likeness (QED) is 0.910. The predicted molar refractivity (Wildman–Crippen MR) is 71.8 cm³/mol. The fraction of sp³-hybridized carbons (Fsp3) is 0.467. The van der Waals surface area contributed by atoms with Crippen LogP contribution in [0.2, 0.25) is 0 Å². The molecular weight excluding hydrogens is 258 g/mol. The number of nitrogens with zero attached hydrogens (tertiary/aromatic N) is 1. The molecule has 0 spiro atoms. The van der Waals surface area contributed by atoms with Gasteiger partial charge in [0, 0.05) is 18.7 Å². The minimum Gasteiger partial charge on any atom is -0.478 e. The number of amides is 1. The van der Waals surface area contributed by atoms with Gasteiger partial charge in [-0.2, -0.15) is 0 Å². The SMILES string of the molecule is O=C(O)c1cccc(C(=O)N2CCO[C@H](C3CC3)C2)c1. The molecule has 0 bridgehead atoms. The van der Waals surface area contributed by atoms with Gasteiger partial charge in [-0.05, 0) is 37.0 Å². The number of aromatic carboxylic acids is 1. The van der Waals surface area contributed by atoms with E-state index in [4.69, 9.17) is 9.84 Å². The number of rotatable bonds is 3. The average Bonchev–Trinajstić information content (AvgIpc) is 3.31. The van der Waals surface area contributed by atoms with E-state index >= 15 is 0 Å². The summed E-state index contributed by atoms with van der Waals surface area (Å²) < 4.78 is 5.69. The van der Waals surface area contributed by atoms with E-state index in [1.807, 2.05) is 0 Å². The lowest BCUT2D eigenvalue weighted by atomic mass is 10.1. The minimum absolute atomic E-state index is 0.109. The van der Waals surface area contributed by atoms with E-state index in [-0.39, 0.29) is 17.6 Å². The number of carboxylic acid groups (broad SMARTS) is 1. The van der Waals surface area contributed by atoms with Gasteiger partial charge in [0.05, 0.1) is 18.3 Å². The fourth-order valence-electron chi connectivity index (χ4n) is 2.58. The predicted octanol–water partition coefficient (Wildman–Crippen LogP) is 1.64. The zero-order valence-electron chi connectivity index (χ0n) is 11.1. The Balaban J connectivity index is 1.74. The van der Waals surface area contributed by atoms with Crippen molar-refractivity contribution in [3.63, 3.8) is 0 Å². The second kappa shape index (κ2) is 5.25. The number of benzene rings is 1. The zero-order valence-corrected chi connectivity index (χ0v) is 11.1. The largest absolute Gasteiger partial charge is 0.478 e. The van der Waals surface area contributed by atoms with Crippen LogP contribution < -0.4 is 0 Å². The van der Waals surface area contributed by atoms with Crippen LogP contribution in [-0.2, 0) is 4.74 Å². The second-order valence-electron chi connectivity index (χ2n) is 5.38. The summed E-state index contributed by atoms with van der Waals surface area (Å²) >= 11 is 0. The monoisotopic (exact) mass is 275 g/mol. The molecule has 20 heavy (non-hydrogen) atoms. The van der Waals surface area contributed by atoms with Gasteiger partial charge in [-0.25, -0.2) is 4.79 Å². The van der Waals surface area contributed by atoms with E-state index in [2.05, 4.69) is 0 Å². The van der Waals surface area contributed by atoms with Crippen molar-refractivity contribution in [2.24, 2.45) is 5.92 Å². The van der Waals surface area contributed by atoms with Crippen LogP contribution in [0.3, 0.4) is 0 Å². The van der Waals surface area contributed by atoms with Crippen LogP contribution in [0.5, 0.6) is 0 Å². The van der Waals surface area contributed by atoms with Crippen LogP contribution in [0.1, 0.15) is 33.6 Å². The van der Waals surface area contributed by atoms with Crippen molar-refractivity contribution in [3.05, 3.63) is 35.4 Å². The van der Waals surface area contributed by atoms with Crippen LogP contribution in [0.15, 0.2) is 24.3 Å². The Morgan fingerprint density at radius 1 is 1.25 bits per heavy atom. The molecule has 2 aliphatic rings. The van der Waals surface area contributed by atoms with Gasteiger partial charge < -0.3 is 14.7 Å². The van der Waals surface area contributed by atoms with Crippen LogP contribution in [0.25, 0.3) is 0 Å². The summed E-state index contributed by atoms with van der Waals surface area (Å²) in [6.07, 6.45) is 2.51. The molecule has 0 unspecified atom stereocenters. The Kier molecular flexibility index (Phi) is 3.44. The van der Waals surface area contributed by atoms with Gasteiger partial charge in [0.15, 0.2) is 0 Å². The smallest absolute Gasteiger partial charge is 0.335 e.